The number of nitrogens with one attached hydrogen (secondary N) is 2. The van der Waals surface area contributed by atoms with E-state index >= 15 is 0 Å². The van der Waals surface area contributed by atoms with Crippen LogP contribution in [0.3, 0.4) is 0 Å². The van der Waals surface area contributed by atoms with Crippen molar-refractivity contribution < 1.29 is 61.0 Å². The van der Waals surface area contributed by atoms with Crippen LogP contribution in [0.4, 0.5) is 5.95 Å². The van der Waals surface area contributed by atoms with Crippen molar-refractivity contribution in [3.63, 3.8) is 0 Å². The summed E-state index contributed by atoms with van der Waals surface area (Å²) in [6.45, 7) is 4.42. The van der Waals surface area contributed by atoms with E-state index < -0.39 is 68.3 Å². The topological polar surface area (TPSA) is 259 Å². The number of nitriles is 1. The Morgan fingerprint density at radius 3 is 2.42 bits per heavy atom. The van der Waals surface area contributed by atoms with Crippen molar-refractivity contribution >= 4 is 49.1 Å². The average molecular weight is 701 g/mol. The lowest BCUT2D eigenvalue weighted by molar-refractivity contribution is -0.165. The third-order valence-corrected chi connectivity index (χ3v) is 7.72. The summed E-state index contributed by atoms with van der Waals surface area (Å²) in [5, 5.41) is 11.4. The Balaban J connectivity index is 1.87. The molecule has 1 aliphatic rings. The molecule has 0 radical (unpaired) electrons. The van der Waals surface area contributed by atoms with Gasteiger partial charge in [0.05, 0.1) is 58.5 Å². The molecule has 48 heavy (non-hydrogen) atoms. The van der Waals surface area contributed by atoms with Gasteiger partial charge in [-0.25, -0.2) is 9.55 Å². The van der Waals surface area contributed by atoms with Crippen molar-refractivity contribution in [1.29, 1.82) is 5.26 Å². The van der Waals surface area contributed by atoms with Gasteiger partial charge in [0.2, 0.25) is 11.9 Å². The van der Waals surface area contributed by atoms with Crippen molar-refractivity contribution in [2.45, 2.75) is 58.7 Å². The second-order valence-corrected chi connectivity index (χ2v) is 11.9. The average Bonchev–Trinajstić information content (AvgIpc) is 3.58. The fourth-order valence-electron chi connectivity index (χ4n) is 4.19. The highest BCUT2D eigenvalue weighted by molar-refractivity contribution is 7.48. The quantitative estimate of drug-likeness (QED) is 0.0836. The molecule has 2 aromatic rings. The summed E-state index contributed by atoms with van der Waals surface area (Å²) in [5.74, 6) is -2.61. The summed E-state index contributed by atoms with van der Waals surface area (Å²) >= 11 is 0. The molecule has 0 aliphatic carbocycles. The number of aromatic nitrogens is 4. The van der Waals surface area contributed by atoms with Gasteiger partial charge < -0.3 is 28.5 Å². The standard InChI is InChI=1S/C27H37N6O14P/c1-16(2)24(37)31-27-30-23-20(25(38)32-27)29-15-33(23)26-22(46-18(4)36)21(45-17(3)35)19(47-26)14-44-48(39,42-8-5-6-28)43-13-12-41-11-10-40-9-7-34/h7,15-16,19,21-22,26H,5,8-14H2,1-4H3,(H2,30,31,32,37,38)/t19-,21-,22-,26-,48?/m1/s1. The summed E-state index contributed by atoms with van der Waals surface area (Å²) in [7, 11) is -4.38. The Labute approximate surface area is 273 Å². The lowest BCUT2D eigenvalue weighted by Crippen LogP contribution is -2.40. The Hall–Kier alpha value is -4.09. The number of aromatic amines is 1. The number of imidazole rings is 1. The molecule has 0 aromatic carbocycles. The number of fused-ring (bicyclic) bond motifs is 1. The molecule has 5 atom stereocenters. The minimum Gasteiger partial charge on any atom is -0.456 e. The van der Waals surface area contributed by atoms with E-state index in [-0.39, 0.29) is 63.2 Å². The van der Waals surface area contributed by atoms with Crippen LogP contribution in [-0.4, -0.2) is 108 Å². The molecular formula is C27H37N6O14P. The lowest BCUT2D eigenvalue weighted by atomic mass is 10.1. The van der Waals surface area contributed by atoms with Crippen molar-refractivity contribution in [3.8, 4) is 6.07 Å². The van der Waals surface area contributed by atoms with E-state index in [4.69, 9.17) is 42.5 Å². The van der Waals surface area contributed by atoms with Gasteiger partial charge in [0.15, 0.2) is 29.6 Å². The van der Waals surface area contributed by atoms with E-state index in [9.17, 15) is 28.5 Å². The van der Waals surface area contributed by atoms with E-state index in [2.05, 4.69) is 20.3 Å². The molecule has 1 fully saturated rings. The van der Waals surface area contributed by atoms with Gasteiger partial charge in [0.1, 0.15) is 19.0 Å². The van der Waals surface area contributed by atoms with Gasteiger partial charge in [-0.15, -0.1) is 0 Å². The summed E-state index contributed by atoms with van der Waals surface area (Å²) in [6, 6.07) is 1.84. The maximum absolute atomic E-state index is 13.5. The number of carbonyl (C=O) groups is 4. The van der Waals surface area contributed by atoms with E-state index in [1.165, 1.54) is 10.9 Å². The summed E-state index contributed by atoms with van der Waals surface area (Å²) in [6.07, 6.45) is -3.68. The minimum atomic E-state index is -4.38. The fourth-order valence-corrected chi connectivity index (χ4v) is 5.35. The highest BCUT2D eigenvalue weighted by Crippen LogP contribution is 2.50. The van der Waals surface area contributed by atoms with Gasteiger partial charge in [-0.05, 0) is 0 Å². The van der Waals surface area contributed by atoms with Crippen LogP contribution in [0.2, 0.25) is 0 Å². The first-order chi connectivity index (χ1) is 22.9. The maximum atomic E-state index is 13.5. The van der Waals surface area contributed by atoms with Crippen LogP contribution in [-0.2, 0) is 61.0 Å². The predicted molar refractivity (Wildman–Crippen MR) is 160 cm³/mol. The number of amides is 1. The number of H-pyrrole nitrogens is 1. The molecule has 2 aromatic heterocycles. The Kier molecular flexibility index (Phi) is 14.7. The first-order valence-corrected chi connectivity index (χ1v) is 16.1. The Bertz CT molecular complexity index is 1570. The Morgan fingerprint density at radius 2 is 1.75 bits per heavy atom. The predicted octanol–water partition coefficient (Wildman–Crippen LogP) is 0.779. The Morgan fingerprint density at radius 1 is 1.08 bits per heavy atom. The number of rotatable bonds is 20. The van der Waals surface area contributed by atoms with Crippen molar-refractivity contribution in [3.05, 3.63) is 16.7 Å². The number of phosphoric ester groups is 1. The molecule has 21 heteroatoms. The smallest absolute Gasteiger partial charge is 0.456 e. The van der Waals surface area contributed by atoms with Crippen LogP contribution in [0.25, 0.3) is 11.2 Å². The monoisotopic (exact) mass is 700 g/mol. The SMILES string of the molecule is CC(=O)O[C@@H]1[C@H](OC(C)=O)[C@@H](COP(=O)(OCCC#N)OCCOCCOCC=O)O[C@H]1n1cnc2c(=O)[nH]c(NC(=O)C(C)C)nc21. The molecule has 0 saturated carbocycles. The highest BCUT2D eigenvalue weighted by atomic mass is 31.2. The molecular weight excluding hydrogens is 663 g/mol. The molecule has 1 aliphatic heterocycles. The second kappa shape index (κ2) is 18.5. The van der Waals surface area contributed by atoms with Crippen molar-refractivity contribution in [2.75, 3.05) is 51.6 Å². The molecule has 0 spiro atoms. The minimum absolute atomic E-state index is 0.0640. The number of esters is 2. The van der Waals surface area contributed by atoms with Crippen molar-refractivity contribution in [1.82, 2.24) is 19.5 Å². The normalized spacial score (nSPS) is 20.2. The zero-order valence-corrected chi connectivity index (χ0v) is 27.5. The summed E-state index contributed by atoms with van der Waals surface area (Å²) in [5.41, 5.74) is -0.914. The van der Waals surface area contributed by atoms with E-state index in [1.807, 2.05) is 6.07 Å². The number of carbonyl (C=O) groups excluding carboxylic acids is 4. The molecule has 264 valence electrons. The largest absolute Gasteiger partial charge is 0.474 e. The molecule has 20 nitrogen and oxygen atoms in total. The summed E-state index contributed by atoms with van der Waals surface area (Å²) in [4.78, 5) is 70.5. The number of anilines is 1. The van der Waals surface area contributed by atoms with Crippen LogP contribution in [0.15, 0.2) is 11.1 Å². The van der Waals surface area contributed by atoms with Gasteiger partial charge >= 0.3 is 19.8 Å². The van der Waals surface area contributed by atoms with E-state index in [1.54, 1.807) is 13.8 Å². The van der Waals surface area contributed by atoms with E-state index in [0.29, 0.717) is 6.29 Å². The van der Waals surface area contributed by atoms with Gasteiger partial charge in [-0.2, -0.15) is 10.2 Å². The van der Waals surface area contributed by atoms with Crippen molar-refractivity contribution in [2.24, 2.45) is 5.92 Å². The molecule has 0 bridgehead atoms. The molecule has 1 amide bonds. The molecule has 1 unspecified atom stereocenters. The van der Waals surface area contributed by atoms with E-state index in [0.717, 1.165) is 13.8 Å². The van der Waals surface area contributed by atoms with Crippen LogP contribution < -0.4 is 10.9 Å². The van der Waals surface area contributed by atoms with Crippen LogP contribution >= 0.6 is 7.82 Å². The molecule has 1 saturated heterocycles. The first kappa shape index (κ1) is 38.4. The number of phosphoric acid groups is 1. The zero-order valence-electron chi connectivity index (χ0n) is 26.6. The third kappa shape index (κ3) is 11.0. The van der Waals surface area contributed by atoms with Gasteiger partial charge in [0.25, 0.3) is 5.56 Å². The van der Waals surface area contributed by atoms with Gasteiger partial charge in [-0.1, -0.05) is 13.8 Å². The third-order valence-electron chi connectivity index (χ3n) is 6.26. The van der Waals surface area contributed by atoms with Gasteiger partial charge in [-0.3, -0.25) is 47.6 Å². The van der Waals surface area contributed by atoms with Crippen LogP contribution in [0.1, 0.15) is 40.3 Å². The second-order valence-electron chi connectivity index (χ2n) is 10.3. The highest BCUT2D eigenvalue weighted by Gasteiger charge is 2.51. The zero-order chi connectivity index (χ0) is 35.3. The molecule has 3 rings (SSSR count). The van der Waals surface area contributed by atoms with Crippen LogP contribution in [0, 0.1) is 17.2 Å². The number of hydrogen-bond donors (Lipinski definition) is 2. The molecule has 3 heterocycles. The number of ether oxygens (including phenoxy) is 5. The number of nitrogens with zero attached hydrogens (tertiary/aromatic N) is 4. The molecule has 2 N–H and O–H groups in total. The van der Waals surface area contributed by atoms with Gasteiger partial charge in [0, 0.05) is 19.8 Å². The lowest BCUT2D eigenvalue weighted by Gasteiger charge is -2.24. The summed E-state index contributed by atoms with van der Waals surface area (Å²) < 4.78 is 58.1. The number of hydrogen-bond acceptors (Lipinski definition) is 17. The number of aldehydes is 1. The maximum Gasteiger partial charge on any atom is 0.474 e. The first-order valence-electron chi connectivity index (χ1n) is 14.7. The van der Waals surface area contributed by atoms with Crippen LogP contribution in [0.5, 0.6) is 0 Å². The fraction of sp³-hybridized carbons (Fsp3) is 0.630.